The second-order valence-electron chi connectivity index (χ2n) is 10.9. The Balaban J connectivity index is 1.96. The summed E-state index contributed by atoms with van der Waals surface area (Å²) in [4.78, 5) is 50.5. The summed E-state index contributed by atoms with van der Waals surface area (Å²) >= 11 is 1.29. The highest BCUT2D eigenvalue weighted by atomic mass is 32.2. The number of hydrogen-bond acceptors (Lipinski definition) is 9. The van der Waals surface area contributed by atoms with E-state index in [0.717, 1.165) is 11.1 Å². The van der Waals surface area contributed by atoms with Crippen molar-refractivity contribution in [3.63, 3.8) is 0 Å². The molecule has 2 amide bonds. The summed E-state index contributed by atoms with van der Waals surface area (Å²) in [6.45, 7) is 9.46. The molecule has 0 aliphatic rings. The second-order valence-corrected chi connectivity index (χ2v) is 12.0. The Kier molecular flexibility index (Phi) is 14.3. The van der Waals surface area contributed by atoms with Crippen LogP contribution < -0.4 is 10.6 Å². The molecular formula is C31H42N2O8S. The fraction of sp³-hybridized carbons (Fsp3) is 0.484. The molecule has 0 unspecified atom stereocenters. The lowest BCUT2D eigenvalue weighted by atomic mass is 10.0. The van der Waals surface area contributed by atoms with E-state index in [-0.39, 0.29) is 24.9 Å². The van der Waals surface area contributed by atoms with Crippen LogP contribution in [0.5, 0.6) is 0 Å². The van der Waals surface area contributed by atoms with Gasteiger partial charge in [-0.25, -0.2) is 14.4 Å². The molecule has 0 bridgehead atoms. The minimum atomic E-state index is -1.05. The molecule has 0 fully saturated rings. The number of methoxy groups -OCH3 is 1. The average Bonchev–Trinajstić information content (AvgIpc) is 2.94. The number of thioether (sulfide) groups is 1. The molecule has 2 N–H and O–H groups in total. The lowest BCUT2D eigenvalue weighted by Gasteiger charge is -2.25. The Bertz CT molecular complexity index is 1170. The number of benzene rings is 2. The van der Waals surface area contributed by atoms with Crippen LogP contribution in [0.4, 0.5) is 4.79 Å². The van der Waals surface area contributed by atoms with Gasteiger partial charge in [0.2, 0.25) is 5.91 Å². The van der Waals surface area contributed by atoms with Crippen LogP contribution in [-0.2, 0) is 28.5 Å². The minimum absolute atomic E-state index is 0.0790. The zero-order valence-corrected chi connectivity index (χ0v) is 26.0. The van der Waals surface area contributed by atoms with Crippen LogP contribution in [0, 0.1) is 5.92 Å². The lowest BCUT2D eigenvalue weighted by molar-refractivity contribution is -0.147. The van der Waals surface area contributed by atoms with Crippen molar-refractivity contribution in [2.75, 3.05) is 38.4 Å². The summed E-state index contributed by atoms with van der Waals surface area (Å²) in [5.74, 6) is -1.00. The van der Waals surface area contributed by atoms with Crippen LogP contribution in [0.2, 0.25) is 0 Å². The van der Waals surface area contributed by atoms with Crippen molar-refractivity contribution in [1.82, 2.24) is 10.6 Å². The molecule has 0 saturated carbocycles. The zero-order chi connectivity index (χ0) is 31.1. The molecule has 2 atom stereocenters. The number of esters is 2. The molecule has 11 heteroatoms. The molecule has 2 aromatic carbocycles. The lowest BCUT2D eigenvalue weighted by Crippen LogP contribution is -2.54. The van der Waals surface area contributed by atoms with Gasteiger partial charge in [-0.05, 0) is 49.9 Å². The van der Waals surface area contributed by atoms with Crippen LogP contribution >= 0.6 is 11.8 Å². The molecule has 2 aromatic rings. The van der Waals surface area contributed by atoms with Crippen LogP contribution in [0.25, 0.3) is 11.1 Å². The van der Waals surface area contributed by atoms with Gasteiger partial charge in [-0.1, -0.05) is 56.3 Å². The Morgan fingerprint density at radius 3 is 2.21 bits per heavy atom. The van der Waals surface area contributed by atoms with E-state index < -0.39 is 41.6 Å². The third kappa shape index (κ3) is 12.9. The van der Waals surface area contributed by atoms with E-state index in [1.165, 1.54) is 18.9 Å². The summed E-state index contributed by atoms with van der Waals surface area (Å²) in [6, 6.07) is 14.8. The standard InChI is InChI=1S/C31H42N2O8S/c1-21(2)18-39-19-25(29(36)38-6)32-27(34)26(33-30(37)41-31(3,4)5)20-42-16-15-40-28(35)24-14-10-13-23(17-24)22-11-8-7-9-12-22/h7-14,17,21,25-26H,15-16,18-20H2,1-6H3,(H,32,34)(H,33,37)/t25-,26-/m0/s1. The van der Waals surface area contributed by atoms with E-state index in [9.17, 15) is 19.2 Å². The van der Waals surface area contributed by atoms with Crippen molar-refractivity contribution in [3.05, 3.63) is 60.2 Å². The third-order valence-corrected chi connectivity index (χ3v) is 6.52. The number of nitrogens with one attached hydrogen (secondary N) is 2. The van der Waals surface area contributed by atoms with Crippen molar-refractivity contribution in [2.45, 2.75) is 52.3 Å². The first-order valence-corrected chi connectivity index (χ1v) is 14.9. The molecule has 0 radical (unpaired) electrons. The largest absolute Gasteiger partial charge is 0.467 e. The van der Waals surface area contributed by atoms with Gasteiger partial charge in [-0.15, -0.1) is 0 Å². The number of ether oxygens (including phenoxy) is 4. The number of carbonyl (C=O) groups is 4. The SMILES string of the molecule is COC(=O)[C@H](COCC(C)C)NC(=O)[C@H](CSCCOC(=O)c1cccc(-c2ccccc2)c1)NC(=O)OC(C)(C)C. The van der Waals surface area contributed by atoms with Crippen molar-refractivity contribution < 1.29 is 38.1 Å². The van der Waals surface area contributed by atoms with Gasteiger partial charge in [0.1, 0.15) is 18.2 Å². The number of alkyl carbamates (subject to hydrolysis) is 1. The molecule has 0 saturated heterocycles. The number of hydrogen-bond donors (Lipinski definition) is 2. The minimum Gasteiger partial charge on any atom is -0.467 e. The van der Waals surface area contributed by atoms with E-state index in [1.807, 2.05) is 50.2 Å². The highest BCUT2D eigenvalue weighted by molar-refractivity contribution is 7.99. The van der Waals surface area contributed by atoms with Gasteiger partial charge >= 0.3 is 18.0 Å². The summed E-state index contributed by atoms with van der Waals surface area (Å²) in [6.07, 6.45) is -0.779. The third-order valence-electron chi connectivity index (χ3n) is 5.50. The molecule has 42 heavy (non-hydrogen) atoms. The van der Waals surface area contributed by atoms with Gasteiger partial charge in [0.25, 0.3) is 0 Å². The Labute approximate surface area is 252 Å². The van der Waals surface area contributed by atoms with E-state index in [1.54, 1.807) is 39.0 Å². The Morgan fingerprint density at radius 1 is 0.881 bits per heavy atom. The molecule has 0 aromatic heterocycles. The van der Waals surface area contributed by atoms with Gasteiger partial charge in [-0.2, -0.15) is 11.8 Å². The summed E-state index contributed by atoms with van der Waals surface area (Å²) in [7, 11) is 1.22. The van der Waals surface area contributed by atoms with Crippen molar-refractivity contribution in [3.8, 4) is 11.1 Å². The van der Waals surface area contributed by atoms with Gasteiger partial charge in [0.15, 0.2) is 6.04 Å². The van der Waals surface area contributed by atoms with Crippen molar-refractivity contribution >= 4 is 35.7 Å². The van der Waals surface area contributed by atoms with Crippen LogP contribution in [0.3, 0.4) is 0 Å². The molecule has 0 heterocycles. The molecule has 0 aliphatic carbocycles. The number of amides is 2. The molecular weight excluding hydrogens is 560 g/mol. The maximum Gasteiger partial charge on any atom is 0.408 e. The predicted molar refractivity (Wildman–Crippen MR) is 162 cm³/mol. The first kappa shape index (κ1) is 34.6. The first-order valence-electron chi connectivity index (χ1n) is 13.8. The normalized spacial score (nSPS) is 12.6. The second kappa shape index (κ2) is 17.4. The summed E-state index contributed by atoms with van der Waals surface area (Å²) in [5.41, 5.74) is 1.55. The molecule has 230 valence electrons. The maximum absolute atomic E-state index is 13.1. The molecule has 0 aliphatic heterocycles. The highest BCUT2D eigenvalue weighted by Crippen LogP contribution is 2.20. The smallest absolute Gasteiger partial charge is 0.408 e. The van der Waals surface area contributed by atoms with E-state index in [2.05, 4.69) is 10.6 Å². The Hall–Kier alpha value is -3.57. The van der Waals surface area contributed by atoms with E-state index >= 15 is 0 Å². The summed E-state index contributed by atoms with van der Waals surface area (Å²) in [5, 5.41) is 5.16. The van der Waals surface area contributed by atoms with Crippen LogP contribution in [-0.4, -0.2) is 80.1 Å². The van der Waals surface area contributed by atoms with Gasteiger partial charge in [0, 0.05) is 18.1 Å². The van der Waals surface area contributed by atoms with Crippen molar-refractivity contribution in [2.24, 2.45) is 5.92 Å². The van der Waals surface area contributed by atoms with E-state index in [4.69, 9.17) is 18.9 Å². The number of rotatable bonds is 15. The Morgan fingerprint density at radius 2 is 1.57 bits per heavy atom. The predicted octanol–water partition coefficient (Wildman–Crippen LogP) is 4.47. The quantitative estimate of drug-likeness (QED) is 0.172. The van der Waals surface area contributed by atoms with Gasteiger partial charge in [0.05, 0.1) is 19.3 Å². The number of carbonyl (C=O) groups excluding carboxylic acids is 4. The average molecular weight is 603 g/mol. The fourth-order valence-corrected chi connectivity index (χ4v) is 4.41. The molecule has 0 spiro atoms. The monoisotopic (exact) mass is 602 g/mol. The van der Waals surface area contributed by atoms with Crippen LogP contribution in [0.15, 0.2) is 54.6 Å². The summed E-state index contributed by atoms with van der Waals surface area (Å²) < 4.78 is 21.1. The van der Waals surface area contributed by atoms with E-state index in [0.29, 0.717) is 17.9 Å². The highest BCUT2D eigenvalue weighted by Gasteiger charge is 2.29. The zero-order valence-electron chi connectivity index (χ0n) is 25.1. The first-order chi connectivity index (χ1) is 19.9. The maximum atomic E-state index is 13.1. The topological polar surface area (TPSA) is 129 Å². The van der Waals surface area contributed by atoms with Crippen LogP contribution in [0.1, 0.15) is 45.0 Å². The molecule has 2 rings (SSSR count). The molecule has 10 nitrogen and oxygen atoms in total. The van der Waals surface area contributed by atoms with Gasteiger partial charge in [-0.3, -0.25) is 4.79 Å². The van der Waals surface area contributed by atoms with Gasteiger partial charge < -0.3 is 29.6 Å². The van der Waals surface area contributed by atoms with Crippen molar-refractivity contribution in [1.29, 1.82) is 0 Å². The fourth-order valence-electron chi connectivity index (χ4n) is 3.57.